The molecule has 5 aliphatic rings. The number of alkyl halides is 3. The number of hydrogen-bond donors (Lipinski definition) is 1. The third-order valence-electron chi connectivity index (χ3n) is 9.97. The number of likely N-dealkylation sites (tertiary alicyclic amines) is 1. The van der Waals surface area contributed by atoms with Crippen molar-refractivity contribution in [3.8, 4) is 0 Å². The molecule has 204 valence electrons. The number of amides is 1. The summed E-state index contributed by atoms with van der Waals surface area (Å²) in [6.45, 7) is 4.42. The minimum atomic E-state index is -4.36. The van der Waals surface area contributed by atoms with Gasteiger partial charge in [-0.25, -0.2) is 0 Å². The molecule has 2 saturated carbocycles. The van der Waals surface area contributed by atoms with Crippen LogP contribution in [0.2, 0.25) is 0 Å². The lowest BCUT2D eigenvalue weighted by Gasteiger charge is -2.41. The monoisotopic (exact) mass is 521 g/mol. The third kappa shape index (κ3) is 4.35. The van der Waals surface area contributed by atoms with E-state index in [1.807, 2.05) is 6.92 Å². The van der Waals surface area contributed by atoms with E-state index in [1.54, 1.807) is 13.2 Å². The molecule has 0 aromatic heterocycles. The molecular weight excluding hydrogens is 483 g/mol. The van der Waals surface area contributed by atoms with Crippen molar-refractivity contribution < 1.29 is 27.4 Å². The zero-order valence-corrected chi connectivity index (χ0v) is 21.7. The summed E-state index contributed by atoms with van der Waals surface area (Å²) in [7, 11) is 1.73. The summed E-state index contributed by atoms with van der Waals surface area (Å²) in [6.07, 6.45) is 2.47. The van der Waals surface area contributed by atoms with E-state index in [4.69, 9.17) is 9.47 Å². The van der Waals surface area contributed by atoms with E-state index in [-0.39, 0.29) is 29.6 Å². The fourth-order valence-electron chi connectivity index (χ4n) is 8.15. The maximum Gasteiger partial charge on any atom is 0.416 e. The van der Waals surface area contributed by atoms with Gasteiger partial charge in [0, 0.05) is 50.6 Å². The second kappa shape index (κ2) is 9.42. The van der Waals surface area contributed by atoms with Gasteiger partial charge in [-0.3, -0.25) is 4.79 Å². The summed E-state index contributed by atoms with van der Waals surface area (Å²) in [5.41, 5.74) is 0.592. The second-order valence-corrected chi connectivity index (χ2v) is 11.9. The van der Waals surface area contributed by atoms with E-state index < -0.39 is 11.7 Å². The van der Waals surface area contributed by atoms with Crippen LogP contribution in [0.5, 0.6) is 0 Å². The Morgan fingerprint density at radius 1 is 1.19 bits per heavy atom. The van der Waals surface area contributed by atoms with Crippen LogP contribution >= 0.6 is 0 Å². The normalized spacial score (nSPS) is 37.4. The Kier molecular flexibility index (Phi) is 6.47. The van der Waals surface area contributed by atoms with Gasteiger partial charge in [0.1, 0.15) is 0 Å². The van der Waals surface area contributed by atoms with Gasteiger partial charge in [0.2, 0.25) is 5.91 Å². The average molecular weight is 522 g/mol. The van der Waals surface area contributed by atoms with Crippen LogP contribution in [-0.4, -0.2) is 74.5 Å². The molecule has 7 atom stereocenters. The van der Waals surface area contributed by atoms with Gasteiger partial charge in [0.25, 0.3) is 0 Å². The summed E-state index contributed by atoms with van der Waals surface area (Å²) >= 11 is 0. The number of methoxy groups -OCH3 is 1. The van der Waals surface area contributed by atoms with Gasteiger partial charge < -0.3 is 24.6 Å². The molecule has 1 N–H and O–H groups in total. The highest BCUT2D eigenvalue weighted by molar-refractivity contribution is 5.85. The quantitative estimate of drug-likeness (QED) is 0.631. The highest BCUT2D eigenvalue weighted by Gasteiger charge is 2.59. The predicted molar refractivity (Wildman–Crippen MR) is 133 cm³/mol. The maximum atomic E-state index is 14.2. The first-order valence-electron chi connectivity index (χ1n) is 13.8. The first-order chi connectivity index (χ1) is 17.7. The first-order valence-corrected chi connectivity index (χ1v) is 13.8. The van der Waals surface area contributed by atoms with Gasteiger partial charge >= 0.3 is 6.18 Å². The Labute approximate surface area is 216 Å². The summed E-state index contributed by atoms with van der Waals surface area (Å²) in [6, 6.07) is 4.70. The highest BCUT2D eigenvalue weighted by Crippen LogP contribution is 2.56. The van der Waals surface area contributed by atoms with Gasteiger partial charge in [-0.15, -0.1) is 0 Å². The van der Waals surface area contributed by atoms with E-state index in [1.165, 1.54) is 6.07 Å². The molecule has 9 heteroatoms. The number of fused-ring (bicyclic) bond motifs is 3. The van der Waals surface area contributed by atoms with Crippen LogP contribution in [0.25, 0.3) is 0 Å². The zero-order valence-electron chi connectivity index (χ0n) is 21.7. The largest absolute Gasteiger partial charge is 0.416 e. The molecule has 1 amide bonds. The van der Waals surface area contributed by atoms with E-state index >= 15 is 0 Å². The molecule has 1 aromatic carbocycles. The number of anilines is 1. The van der Waals surface area contributed by atoms with Crippen molar-refractivity contribution in [1.29, 1.82) is 0 Å². The molecule has 2 aliphatic carbocycles. The van der Waals surface area contributed by atoms with E-state index in [2.05, 4.69) is 15.1 Å². The molecule has 0 spiro atoms. The molecule has 5 fully saturated rings. The molecule has 6 rings (SSSR count). The molecule has 3 heterocycles. The molecule has 6 nitrogen and oxygen atoms in total. The summed E-state index contributed by atoms with van der Waals surface area (Å²) in [5, 5.41) is 3.83. The van der Waals surface area contributed by atoms with Crippen molar-refractivity contribution in [3.05, 3.63) is 29.3 Å². The van der Waals surface area contributed by atoms with Crippen molar-refractivity contribution in [2.24, 2.45) is 11.3 Å². The molecule has 3 aliphatic heterocycles. The van der Waals surface area contributed by atoms with Crippen LogP contribution in [0.1, 0.15) is 56.1 Å². The average Bonchev–Trinajstić information content (AvgIpc) is 3.63. The maximum absolute atomic E-state index is 14.2. The summed E-state index contributed by atoms with van der Waals surface area (Å²) < 4.78 is 51.3. The van der Waals surface area contributed by atoms with Gasteiger partial charge in [0.15, 0.2) is 0 Å². The fourth-order valence-corrected chi connectivity index (χ4v) is 8.15. The third-order valence-corrected chi connectivity index (χ3v) is 9.97. The number of nitrogens with one attached hydrogen (secondary N) is 1. The topological polar surface area (TPSA) is 54.0 Å². The lowest BCUT2D eigenvalue weighted by molar-refractivity contribution is -0.144. The molecule has 2 bridgehead atoms. The fraction of sp³-hybridized carbons (Fsp3) is 0.750. The van der Waals surface area contributed by atoms with Crippen LogP contribution in [0, 0.1) is 18.3 Å². The Bertz CT molecular complexity index is 1040. The predicted octanol–water partition coefficient (Wildman–Crippen LogP) is 4.15. The Hall–Kier alpha value is -1.84. The Balaban J connectivity index is 1.15. The SMILES string of the molecule is CO[C@@H]1COCC[C@@H]1N[C@@H]1C[C@H]2CCC[C@@]2(C(=O)N2C[C@@H]3C[C@H]2CN3c2cc(C(F)(F)F)ccc2C)C1. The van der Waals surface area contributed by atoms with Crippen LogP contribution in [0.3, 0.4) is 0 Å². The number of piperazine rings is 1. The van der Waals surface area contributed by atoms with E-state index in [0.29, 0.717) is 43.3 Å². The number of carbonyl (C=O) groups is 1. The molecule has 3 saturated heterocycles. The Morgan fingerprint density at radius 3 is 2.76 bits per heavy atom. The molecule has 1 aromatic rings. The van der Waals surface area contributed by atoms with Crippen molar-refractivity contribution in [3.63, 3.8) is 0 Å². The second-order valence-electron chi connectivity index (χ2n) is 11.9. The molecular formula is C28H38F3N3O3. The number of hydrogen-bond acceptors (Lipinski definition) is 5. The van der Waals surface area contributed by atoms with Crippen LogP contribution in [0.4, 0.5) is 18.9 Å². The number of rotatable bonds is 5. The van der Waals surface area contributed by atoms with Gasteiger partial charge in [0.05, 0.1) is 29.7 Å². The molecule has 0 unspecified atom stereocenters. The number of ether oxygens (including phenoxy) is 2. The first kappa shape index (κ1) is 25.4. The highest BCUT2D eigenvalue weighted by atomic mass is 19.4. The van der Waals surface area contributed by atoms with E-state index in [9.17, 15) is 18.0 Å². The molecule has 0 radical (unpaired) electrons. The smallest absolute Gasteiger partial charge is 0.379 e. The minimum absolute atomic E-state index is 0.0421. The number of carbonyl (C=O) groups excluding carboxylic acids is 1. The summed E-state index contributed by atoms with van der Waals surface area (Å²) in [4.78, 5) is 18.4. The van der Waals surface area contributed by atoms with Crippen LogP contribution < -0.4 is 10.2 Å². The van der Waals surface area contributed by atoms with Crippen molar-refractivity contribution >= 4 is 11.6 Å². The van der Waals surface area contributed by atoms with Crippen molar-refractivity contribution in [2.75, 3.05) is 38.3 Å². The van der Waals surface area contributed by atoms with E-state index in [0.717, 1.165) is 63.2 Å². The van der Waals surface area contributed by atoms with Crippen LogP contribution in [0.15, 0.2) is 18.2 Å². The van der Waals surface area contributed by atoms with Gasteiger partial charge in [-0.2, -0.15) is 13.2 Å². The zero-order chi connectivity index (χ0) is 25.9. The van der Waals surface area contributed by atoms with Crippen molar-refractivity contribution in [2.45, 2.75) is 88.3 Å². The van der Waals surface area contributed by atoms with Gasteiger partial charge in [-0.05, 0) is 69.1 Å². The van der Waals surface area contributed by atoms with Crippen molar-refractivity contribution in [1.82, 2.24) is 10.2 Å². The lowest BCUT2D eigenvalue weighted by atomic mass is 9.78. The number of nitrogens with zero attached hydrogens (tertiary/aromatic N) is 2. The Morgan fingerprint density at radius 2 is 2.03 bits per heavy atom. The number of benzene rings is 1. The number of halogens is 3. The molecule has 37 heavy (non-hydrogen) atoms. The minimum Gasteiger partial charge on any atom is -0.379 e. The van der Waals surface area contributed by atoms with Crippen LogP contribution in [-0.2, 0) is 20.4 Å². The number of aryl methyl sites for hydroxylation is 1. The summed E-state index contributed by atoms with van der Waals surface area (Å²) in [5.74, 6) is 0.696. The van der Waals surface area contributed by atoms with Gasteiger partial charge in [-0.1, -0.05) is 12.5 Å². The lowest BCUT2D eigenvalue weighted by Crippen LogP contribution is -2.54. The standard InChI is InChI=1S/C28H38F3N3O3/c1-17-5-6-19(28(29,30)31)11-24(17)33-14-22-12-21(33)15-34(22)26(35)27-8-3-4-18(27)10-20(13-27)32-23-7-9-37-16-25(23)36-2/h5-6,11,18,20-23,25,32H,3-4,7-10,12-16H2,1-2H3/t18-,20-,21+,22+,23+,25-,27-/m1/s1.